The predicted molar refractivity (Wildman–Crippen MR) is 87.9 cm³/mol. The number of carboxylic acid groups (broad SMARTS) is 1. The largest absolute Gasteiger partial charge is 0.489 e. The number of ether oxygens (including phenoxy) is 1. The summed E-state index contributed by atoms with van der Waals surface area (Å²) < 4.78 is 22.4. The maximum absolute atomic E-state index is 14.9. The molecule has 0 amide bonds. The number of hydrogen-bond donors (Lipinski definition) is 2. The molecule has 1 aromatic heterocycles. The van der Waals surface area contributed by atoms with Crippen LogP contribution in [0.3, 0.4) is 0 Å². The second kappa shape index (κ2) is 5.29. The van der Waals surface area contributed by atoms with Crippen LogP contribution in [0, 0.1) is 5.82 Å². The average molecular weight is 347 g/mol. The molecule has 1 atom stereocenters. The molecule has 2 N–H and O–H groups in total. The number of aliphatic hydroxyl groups excluding tert-OH is 1. The van der Waals surface area contributed by atoms with Crippen LogP contribution >= 0.6 is 0 Å². The Hall–Kier alpha value is -2.41. The number of rotatable bonds is 4. The van der Waals surface area contributed by atoms with Crippen LogP contribution in [0.2, 0.25) is 0 Å². The Balaban J connectivity index is 2.11. The molecule has 1 fully saturated rings. The predicted octanol–water partition coefficient (Wildman–Crippen LogP) is 2.21. The molecule has 1 saturated carbocycles. The highest BCUT2D eigenvalue weighted by Gasteiger charge is 2.48. The standard InChI is InChI=1S/C18H18FNO5/c1-9-8-25-16-13(18(2-3-18)4-5-21)12(19)6-10-14(16)20(9)7-11(15(10)22)17(23)24/h6-7,9,21H,2-5,8H2,1H3,(H,23,24)/t9-/m0/s1. The van der Waals surface area contributed by atoms with E-state index in [-0.39, 0.29) is 30.2 Å². The molecule has 1 aliphatic heterocycles. The van der Waals surface area contributed by atoms with Gasteiger partial charge in [0.2, 0.25) is 5.43 Å². The van der Waals surface area contributed by atoms with Crippen molar-refractivity contribution >= 4 is 16.9 Å². The molecule has 2 heterocycles. The Morgan fingerprint density at radius 2 is 2.20 bits per heavy atom. The summed E-state index contributed by atoms with van der Waals surface area (Å²) in [4.78, 5) is 23.9. The molecule has 132 valence electrons. The van der Waals surface area contributed by atoms with E-state index in [1.54, 1.807) is 4.57 Å². The first-order valence-electron chi connectivity index (χ1n) is 8.28. The Morgan fingerprint density at radius 1 is 1.48 bits per heavy atom. The number of pyridine rings is 1. The van der Waals surface area contributed by atoms with Gasteiger partial charge in [0, 0.05) is 23.8 Å². The molecule has 0 saturated heterocycles. The molecule has 4 rings (SSSR count). The number of carboxylic acids is 1. The van der Waals surface area contributed by atoms with E-state index in [0.29, 0.717) is 23.3 Å². The van der Waals surface area contributed by atoms with Gasteiger partial charge in [0.05, 0.1) is 16.9 Å². The van der Waals surface area contributed by atoms with E-state index in [2.05, 4.69) is 0 Å². The second-order valence-electron chi connectivity index (χ2n) is 6.96. The van der Waals surface area contributed by atoms with Gasteiger partial charge in [0.1, 0.15) is 18.0 Å². The molecule has 6 nitrogen and oxygen atoms in total. The molecule has 25 heavy (non-hydrogen) atoms. The van der Waals surface area contributed by atoms with Crippen molar-refractivity contribution in [2.75, 3.05) is 13.2 Å². The van der Waals surface area contributed by atoms with E-state index in [1.807, 2.05) is 6.92 Å². The summed E-state index contributed by atoms with van der Waals surface area (Å²) in [6, 6.07) is 0.943. The van der Waals surface area contributed by atoms with Gasteiger partial charge in [-0.15, -0.1) is 0 Å². The van der Waals surface area contributed by atoms with Gasteiger partial charge in [0.25, 0.3) is 0 Å². The number of aliphatic hydroxyl groups is 1. The van der Waals surface area contributed by atoms with Gasteiger partial charge in [-0.05, 0) is 32.3 Å². The fourth-order valence-corrected chi connectivity index (χ4v) is 3.86. The van der Waals surface area contributed by atoms with E-state index in [9.17, 15) is 24.2 Å². The molecule has 1 aliphatic carbocycles. The van der Waals surface area contributed by atoms with Crippen LogP contribution in [0.15, 0.2) is 17.1 Å². The van der Waals surface area contributed by atoms with Crippen LogP contribution < -0.4 is 10.2 Å². The number of benzene rings is 1. The minimum Gasteiger partial charge on any atom is -0.489 e. The summed E-state index contributed by atoms with van der Waals surface area (Å²) in [6.07, 6.45) is 3.24. The van der Waals surface area contributed by atoms with Crippen molar-refractivity contribution in [2.45, 2.75) is 37.6 Å². The fraction of sp³-hybridized carbons (Fsp3) is 0.444. The maximum Gasteiger partial charge on any atom is 0.341 e. The highest BCUT2D eigenvalue weighted by atomic mass is 19.1. The zero-order chi connectivity index (χ0) is 17.9. The summed E-state index contributed by atoms with van der Waals surface area (Å²) in [5, 5.41) is 18.6. The number of carbonyl (C=O) groups is 1. The lowest BCUT2D eigenvalue weighted by Crippen LogP contribution is -2.28. The van der Waals surface area contributed by atoms with Gasteiger partial charge < -0.3 is 19.5 Å². The molecule has 2 aliphatic rings. The van der Waals surface area contributed by atoms with Crippen LogP contribution in [0.4, 0.5) is 4.39 Å². The fourth-order valence-electron chi connectivity index (χ4n) is 3.86. The van der Waals surface area contributed by atoms with Crippen LogP contribution in [0.5, 0.6) is 5.75 Å². The number of nitrogens with zero attached hydrogens (tertiary/aromatic N) is 1. The van der Waals surface area contributed by atoms with Crippen molar-refractivity contribution in [3.8, 4) is 5.75 Å². The first kappa shape index (κ1) is 16.1. The van der Waals surface area contributed by atoms with Gasteiger partial charge in [-0.2, -0.15) is 0 Å². The zero-order valence-electron chi connectivity index (χ0n) is 13.7. The van der Waals surface area contributed by atoms with E-state index in [0.717, 1.165) is 18.9 Å². The van der Waals surface area contributed by atoms with Crippen LogP contribution in [0.1, 0.15) is 48.1 Å². The van der Waals surface area contributed by atoms with E-state index in [1.165, 1.54) is 6.20 Å². The molecular weight excluding hydrogens is 329 g/mol. The van der Waals surface area contributed by atoms with Gasteiger partial charge in [-0.1, -0.05) is 0 Å². The lowest BCUT2D eigenvalue weighted by atomic mass is 9.89. The maximum atomic E-state index is 14.9. The Bertz CT molecular complexity index is 960. The molecule has 7 heteroatoms. The molecule has 0 radical (unpaired) electrons. The van der Waals surface area contributed by atoms with E-state index in [4.69, 9.17) is 4.74 Å². The zero-order valence-corrected chi connectivity index (χ0v) is 13.7. The van der Waals surface area contributed by atoms with Crippen LogP contribution in [-0.4, -0.2) is 34.0 Å². The molecular formula is C18H18FNO5. The normalized spacial score (nSPS) is 20.4. The molecule has 2 aromatic rings. The van der Waals surface area contributed by atoms with Crippen LogP contribution in [0.25, 0.3) is 10.9 Å². The summed E-state index contributed by atoms with van der Waals surface area (Å²) >= 11 is 0. The van der Waals surface area contributed by atoms with E-state index >= 15 is 0 Å². The van der Waals surface area contributed by atoms with Crippen molar-refractivity contribution in [3.63, 3.8) is 0 Å². The van der Waals surface area contributed by atoms with Crippen molar-refractivity contribution in [2.24, 2.45) is 0 Å². The monoisotopic (exact) mass is 347 g/mol. The van der Waals surface area contributed by atoms with Crippen molar-refractivity contribution in [1.82, 2.24) is 4.57 Å². The Kier molecular flexibility index (Phi) is 3.40. The highest BCUT2D eigenvalue weighted by Crippen LogP contribution is 2.56. The third-order valence-corrected chi connectivity index (χ3v) is 5.37. The SMILES string of the molecule is C[C@H]1COc2c(C3(CCO)CC3)c(F)cc3c(=O)c(C(=O)O)cn1c23. The quantitative estimate of drug-likeness (QED) is 0.885. The minimum absolute atomic E-state index is 0.0162. The first-order valence-corrected chi connectivity index (χ1v) is 8.28. The van der Waals surface area contributed by atoms with E-state index < -0.39 is 22.6 Å². The van der Waals surface area contributed by atoms with Crippen molar-refractivity contribution < 1.29 is 24.1 Å². The van der Waals surface area contributed by atoms with Gasteiger partial charge in [0.15, 0.2) is 5.75 Å². The summed E-state index contributed by atoms with van der Waals surface area (Å²) in [7, 11) is 0. The third kappa shape index (κ3) is 2.18. The summed E-state index contributed by atoms with van der Waals surface area (Å²) in [6.45, 7) is 2.05. The van der Waals surface area contributed by atoms with Gasteiger partial charge in [-0.3, -0.25) is 4.79 Å². The van der Waals surface area contributed by atoms with Crippen LogP contribution in [-0.2, 0) is 5.41 Å². The molecule has 0 unspecified atom stereocenters. The Morgan fingerprint density at radius 3 is 2.80 bits per heavy atom. The number of halogens is 1. The molecule has 0 bridgehead atoms. The molecule has 0 spiro atoms. The van der Waals surface area contributed by atoms with Gasteiger partial charge >= 0.3 is 5.97 Å². The smallest absolute Gasteiger partial charge is 0.341 e. The topological polar surface area (TPSA) is 88.8 Å². The lowest BCUT2D eigenvalue weighted by Gasteiger charge is -2.30. The summed E-state index contributed by atoms with van der Waals surface area (Å²) in [5.41, 5.74) is -0.715. The summed E-state index contributed by atoms with van der Waals surface area (Å²) in [5.74, 6) is -1.60. The van der Waals surface area contributed by atoms with Crippen molar-refractivity contribution in [3.05, 3.63) is 39.4 Å². The minimum atomic E-state index is -1.33. The molecule has 1 aromatic carbocycles. The number of hydrogen-bond acceptors (Lipinski definition) is 4. The Labute approximate surface area is 142 Å². The first-order chi connectivity index (χ1) is 11.9. The third-order valence-electron chi connectivity index (χ3n) is 5.37. The second-order valence-corrected chi connectivity index (χ2v) is 6.96. The van der Waals surface area contributed by atoms with Gasteiger partial charge in [-0.25, -0.2) is 9.18 Å². The number of aromatic carboxylic acids is 1. The highest BCUT2D eigenvalue weighted by molar-refractivity contribution is 5.95. The number of aromatic nitrogens is 1. The van der Waals surface area contributed by atoms with Crippen molar-refractivity contribution in [1.29, 1.82) is 0 Å². The average Bonchev–Trinajstić information content (AvgIpc) is 3.32. The lowest BCUT2D eigenvalue weighted by molar-refractivity contribution is 0.0694.